The molecule has 2 aliphatic rings. The first kappa shape index (κ1) is 66.0. The van der Waals surface area contributed by atoms with Gasteiger partial charge in [0.25, 0.3) is 6.71 Å². The molecule has 0 saturated heterocycles. The lowest BCUT2D eigenvalue weighted by molar-refractivity contribution is 0.590. The van der Waals surface area contributed by atoms with Crippen molar-refractivity contribution >= 4 is 57.2 Å². The maximum Gasteiger partial charge on any atom is 0.252 e. The van der Waals surface area contributed by atoms with Gasteiger partial charge in [0.2, 0.25) is 0 Å². The molecular weight excluding hydrogens is 1290 g/mol. The number of benzene rings is 15. The Morgan fingerprint density at radius 3 is 0.729 bits per heavy atom. The van der Waals surface area contributed by atoms with Gasteiger partial charge in [-0.25, -0.2) is 9.97 Å². The number of nitrogens with zero attached hydrogens (tertiary/aromatic N) is 4. The van der Waals surface area contributed by atoms with E-state index in [-0.39, 0.29) is 17.5 Å². The van der Waals surface area contributed by atoms with E-state index < -0.39 is 0 Å². The topological polar surface area (TPSA) is 32.3 Å². The lowest BCUT2D eigenvalue weighted by Crippen LogP contribution is -2.61. The zero-order chi connectivity index (χ0) is 72.3. The molecule has 0 atom stereocenters. The minimum Gasteiger partial charge on any atom is -0.311 e. The summed E-state index contributed by atoms with van der Waals surface area (Å²) in [5.41, 5.74) is 34.7. The maximum absolute atomic E-state index is 6.02. The fourth-order valence-corrected chi connectivity index (χ4v) is 15.9. The number of anilines is 6. The second-order valence-electron chi connectivity index (χ2n) is 30.6. The summed E-state index contributed by atoms with van der Waals surface area (Å²) in [6, 6.07) is 137. The number of hydrogen-bond donors (Lipinski definition) is 0. The third-order valence-electron chi connectivity index (χ3n) is 21.4. The lowest BCUT2D eigenvalue weighted by Gasteiger charge is -2.45. The van der Waals surface area contributed by atoms with Gasteiger partial charge in [0.15, 0.2) is 5.82 Å². The Labute approximate surface area is 629 Å². The highest BCUT2D eigenvalue weighted by atomic mass is 15.2. The summed E-state index contributed by atoms with van der Waals surface area (Å²) < 4.78 is 0. The number of aromatic nitrogens is 2. The predicted octanol–water partition coefficient (Wildman–Crippen LogP) is 25.5. The van der Waals surface area contributed by atoms with E-state index in [4.69, 9.17) is 9.97 Å². The van der Waals surface area contributed by atoms with Crippen LogP contribution < -0.4 is 26.2 Å². The van der Waals surface area contributed by atoms with E-state index >= 15 is 0 Å². The molecule has 0 N–H and O–H groups in total. The molecule has 16 aromatic rings. The molecule has 1 aromatic heterocycles. The molecular formula is C102H79BN4. The van der Waals surface area contributed by atoms with Gasteiger partial charge >= 0.3 is 0 Å². The van der Waals surface area contributed by atoms with E-state index in [1.54, 1.807) is 0 Å². The molecule has 510 valence electrons. The fraction of sp³-hybridized carbons (Fsp3) is 0.0784. The monoisotopic (exact) mass is 1370 g/mol. The molecule has 3 heterocycles. The molecule has 107 heavy (non-hydrogen) atoms. The number of rotatable bonds is 13. The van der Waals surface area contributed by atoms with Crippen LogP contribution in [0.2, 0.25) is 0 Å². The molecule has 4 nitrogen and oxygen atoms in total. The van der Waals surface area contributed by atoms with Gasteiger partial charge in [-0.1, -0.05) is 308 Å². The van der Waals surface area contributed by atoms with Crippen molar-refractivity contribution in [3.8, 4) is 123 Å². The second-order valence-corrected chi connectivity index (χ2v) is 30.6. The first-order valence-electron chi connectivity index (χ1n) is 37.3. The average molecular weight is 1370 g/mol. The quantitative estimate of drug-likeness (QED) is 0.108. The molecule has 0 spiro atoms. The van der Waals surface area contributed by atoms with Crippen molar-refractivity contribution in [3.63, 3.8) is 0 Å². The van der Waals surface area contributed by atoms with E-state index in [0.717, 1.165) is 151 Å². The third kappa shape index (κ3) is 12.8. The highest BCUT2D eigenvalue weighted by Gasteiger charge is 2.45. The van der Waals surface area contributed by atoms with Crippen molar-refractivity contribution in [1.29, 1.82) is 0 Å². The van der Waals surface area contributed by atoms with E-state index in [1.807, 2.05) is 0 Å². The molecule has 0 bridgehead atoms. The minimum absolute atomic E-state index is 0.170. The molecule has 0 aliphatic carbocycles. The molecule has 2 aliphatic heterocycles. The largest absolute Gasteiger partial charge is 0.311 e. The fourth-order valence-electron chi connectivity index (χ4n) is 15.9. The summed E-state index contributed by atoms with van der Waals surface area (Å²) in [4.78, 5) is 17.1. The lowest BCUT2D eigenvalue weighted by atomic mass is 9.33. The highest BCUT2D eigenvalue weighted by molar-refractivity contribution is 7.00. The molecule has 0 fully saturated rings. The van der Waals surface area contributed by atoms with Crippen LogP contribution in [-0.4, -0.2) is 16.7 Å². The first-order valence-corrected chi connectivity index (χ1v) is 37.3. The molecule has 0 radical (unpaired) electrons. The Bertz CT molecular complexity index is 5400. The van der Waals surface area contributed by atoms with Gasteiger partial charge in [0.05, 0.1) is 11.4 Å². The van der Waals surface area contributed by atoms with Crippen LogP contribution in [-0.2, 0) is 10.8 Å². The van der Waals surface area contributed by atoms with E-state index in [9.17, 15) is 0 Å². The van der Waals surface area contributed by atoms with Gasteiger partial charge in [-0.15, -0.1) is 0 Å². The Morgan fingerprint density at radius 2 is 0.458 bits per heavy atom. The van der Waals surface area contributed by atoms with E-state index in [0.29, 0.717) is 5.82 Å². The molecule has 18 rings (SSSR count). The van der Waals surface area contributed by atoms with Crippen molar-refractivity contribution in [1.82, 2.24) is 9.97 Å². The summed E-state index contributed by atoms with van der Waals surface area (Å²) in [5.74, 6) is 0.614. The Balaban J connectivity index is 0.988. The number of hydrogen-bond acceptors (Lipinski definition) is 4. The third-order valence-corrected chi connectivity index (χ3v) is 21.4. The predicted molar refractivity (Wildman–Crippen MR) is 453 cm³/mol. The summed E-state index contributed by atoms with van der Waals surface area (Å²) in [6.45, 7) is 13.9. The van der Waals surface area contributed by atoms with Gasteiger partial charge in [-0.2, -0.15) is 0 Å². The first-order chi connectivity index (χ1) is 52.3. The van der Waals surface area contributed by atoms with Crippen LogP contribution >= 0.6 is 0 Å². The standard InChI is InChI=1S/C102H79BN4/c1-101(2,3)87-47-49-95-91(65-87)103-92-66-88(102(4,5)6)48-50-96(92)107(90-61-82(74-43-27-13-28-44-74)54-83(62-90)75-45-29-14-30-46-75)98-64-85(63-97(99(98)103)106(95)89-59-80(72-39-23-11-24-40-72)53-81(60-89)73-41-25-12-26-42-73)94-67-93(84-55-76(68-31-15-7-16-32-68)51-77(56-84)69-33-17-8-18-34-69)104-100(105-94)86-57-78(70-35-19-9-20-36-70)52-79(58-86)71-37-21-10-22-38-71/h7-67H,1-6H3. The van der Waals surface area contributed by atoms with Crippen molar-refractivity contribution in [3.05, 3.63) is 381 Å². The molecule has 0 saturated carbocycles. The minimum atomic E-state index is -0.210. The Morgan fingerprint density at radius 1 is 0.215 bits per heavy atom. The van der Waals surface area contributed by atoms with Crippen molar-refractivity contribution < 1.29 is 0 Å². The van der Waals surface area contributed by atoms with Crippen molar-refractivity contribution in [2.75, 3.05) is 9.80 Å². The van der Waals surface area contributed by atoms with Crippen LogP contribution in [0.5, 0.6) is 0 Å². The van der Waals surface area contributed by atoms with Crippen LogP contribution in [0.3, 0.4) is 0 Å². The van der Waals surface area contributed by atoms with Gasteiger partial charge in [0, 0.05) is 50.8 Å². The Kier molecular flexibility index (Phi) is 16.8. The zero-order valence-corrected chi connectivity index (χ0v) is 61.1. The van der Waals surface area contributed by atoms with E-state index in [2.05, 4.69) is 421 Å². The maximum atomic E-state index is 6.02. The molecule has 15 aromatic carbocycles. The van der Waals surface area contributed by atoms with Crippen molar-refractivity contribution in [2.45, 2.75) is 52.4 Å². The SMILES string of the molecule is CC(C)(C)c1ccc2c(c1)B1c3cc(C(C)(C)C)ccc3N(c3cc(-c4ccccc4)cc(-c4ccccc4)c3)c3cc(-c4cc(-c5cc(-c6ccccc6)cc(-c6ccccc6)c5)nc(-c5cc(-c6ccccc6)cc(-c6ccccc6)c5)n4)cc(c31)N2c1cc(-c2ccccc2)cc(-c2ccccc2)c1. The second kappa shape index (κ2) is 27.3. The summed E-state index contributed by atoms with van der Waals surface area (Å²) in [6.07, 6.45) is 0. The van der Waals surface area contributed by atoms with Crippen LogP contribution in [0.1, 0.15) is 52.7 Å². The van der Waals surface area contributed by atoms with E-state index in [1.165, 1.54) is 27.5 Å². The van der Waals surface area contributed by atoms with Gasteiger partial charge in [-0.05, 0) is 230 Å². The van der Waals surface area contributed by atoms with Crippen LogP contribution in [0.15, 0.2) is 370 Å². The summed E-state index contributed by atoms with van der Waals surface area (Å²) in [5, 5.41) is 0. The normalized spacial score (nSPS) is 12.3. The smallest absolute Gasteiger partial charge is 0.252 e. The number of fused-ring (bicyclic) bond motifs is 4. The zero-order valence-electron chi connectivity index (χ0n) is 61.1. The highest BCUT2D eigenvalue weighted by Crippen LogP contribution is 2.50. The van der Waals surface area contributed by atoms with Gasteiger partial charge < -0.3 is 9.80 Å². The van der Waals surface area contributed by atoms with Crippen molar-refractivity contribution in [2.24, 2.45) is 0 Å². The van der Waals surface area contributed by atoms with Crippen LogP contribution in [0.25, 0.3) is 123 Å². The molecule has 5 heteroatoms. The molecule has 0 unspecified atom stereocenters. The van der Waals surface area contributed by atoms with Crippen LogP contribution in [0.4, 0.5) is 34.1 Å². The molecule has 0 amide bonds. The van der Waals surface area contributed by atoms with Gasteiger partial charge in [-0.3, -0.25) is 0 Å². The van der Waals surface area contributed by atoms with Crippen LogP contribution in [0, 0.1) is 0 Å². The summed E-state index contributed by atoms with van der Waals surface area (Å²) >= 11 is 0. The average Bonchev–Trinajstić information content (AvgIpc) is 0.691. The summed E-state index contributed by atoms with van der Waals surface area (Å²) in [7, 11) is 0. The Hall–Kier alpha value is -13.0. The van der Waals surface area contributed by atoms with Gasteiger partial charge in [0.1, 0.15) is 0 Å².